The van der Waals surface area contributed by atoms with Crippen molar-refractivity contribution >= 4 is 43.3 Å². The average Bonchev–Trinajstić information content (AvgIpc) is 1.55. The molecule has 0 aromatic heterocycles. The summed E-state index contributed by atoms with van der Waals surface area (Å²) in [5, 5.41) is 0. The van der Waals surface area contributed by atoms with Crippen LogP contribution >= 0.6 is 0 Å². The monoisotopic (exact) mass is 230 g/mol. The molecule has 0 aliphatic rings. The summed E-state index contributed by atoms with van der Waals surface area (Å²) in [7, 11) is -8.24. The Morgan fingerprint density at radius 3 is 1.33 bits per heavy atom. The SMILES string of the molecule is O=S(=O)(O)CCCS(=O)(=O)O.[H-].[H-].[Mg+2]. The van der Waals surface area contributed by atoms with Crippen molar-refractivity contribution in [3.8, 4) is 0 Å². The van der Waals surface area contributed by atoms with Crippen LogP contribution in [-0.4, -0.2) is 60.5 Å². The van der Waals surface area contributed by atoms with Crippen molar-refractivity contribution in [1.29, 1.82) is 0 Å². The topological polar surface area (TPSA) is 109 Å². The summed E-state index contributed by atoms with van der Waals surface area (Å²) in [4.78, 5) is 0. The maximum Gasteiger partial charge on any atom is 2.00 e. The van der Waals surface area contributed by atoms with Gasteiger partial charge >= 0.3 is 23.1 Å². The van der Waals surface area contributed by atoms with Crippen LogP contribution in [0.5, 0.6) is 0 Å². The predicted octanol–water partition coefficient (Wildman–Crippen LogP) is -1.00. The zero-order valence-corrected chi connectivity index (χ0v) is 9.22. The summed E-state index contributed by atoms with van der Waals surface area (Å²) in [6.07, 6.45) is -0.308. The van der Waals surface area contributed by atoms with Crippen molar-refractivity contribution < 1.29 is 28.8 Å². The van der Waals surface area contributed by atoms with Crippen LogP contribution in [0, 0.1) is 0 Å². The average molecular weight is 231 g/mol. The van der Waals surface area contributed by atoms with Crippen LogP contribution in [0.2, 0.25) is 0 Å². The standard InChI is InChI=1S/C3H8O6S2.Mg.2H/c4-10(5,6)2-1-3-11(7,8)9;;;/h1-3H2,(H,4,5,6)(H,7,8,9);;;/q;+2;2*-1. The van der Waals surface area contributed by atoms with Crippen molar-refractivity contribution in [3.63, 3.8) is 0 Å². The summed E-state index contributed by atoms with van der Waals surface area (Å²) in [6, 6.07) is 0. The molecule has 0 aliphatic heterocycles. The molecule has 0 aliphatic carbocycles. The number of rotatable bonds is 4. The van der Waals surface area contributed by atoms with E-state index in [-0.39, 0.29) is 32.3 Å². The summed E-state index contributed by atoms with van der Waals surface area (Å²) in [5.41, 5.74) is 0. The first-order chi connectivity index (χ1) is 4.71. The molecule has 0 fully saturated rings. The van der Waals surface area contributed by atoms with Gasteiger partial charge < -0.3 is 2.85 Å². The molecule has 0 rings (SSSR count). The molecule has 72 valence electrons. The van der Waals surface area contributed by atoms with Crippen LogP contribution in [0.25, 0.3) is 0 Å². The minimum absolute atomic E-state index is 0. The van der Waals surface area contributed by atoms with Gasteiger partial charge in [-0.15, -0.1) is 0 Å². The van der Waals surface area contributed by atoms with Gasteiger partial charge in [-0.25, -0.2) is 0 Å². The third kappa shape index (κ3) is 13.2. The Labute approximate surface area is 90.0 Å². The second kappa shape index (κ2) is 5.34. The molecule has 0 saturated carbocycles. The molecule has 0 bridgehead atoms. The molecule has 0 heterocycles. The van der Waals surface area contributed by atoms with Gasteiger partial charge in [0.25, 0.3) is 20.2 Å². The molecule has 0 radical (unpaired) electrons. The minimum atomic E-state index is -4.12. The maximum absolute atomic E-state index is 10.00. The van der Waals surface area contributed by atoms with E-state index in [0.717, 1.165) is 0 Å². The minimum Gasteiger partial charge on any atom is -1.00 e. The second-order valence-electron chi connectivity index (χ2n) is 1.93. The van der Waals surface area contributed by atoms with Crippen LogP contribution < -0.4 is 0 Å². The van der Waals surface area contributed by atoms with E-state index in [9.17, 15) is 16.8 Å². The van der Waals surface area contributed by atoms with Crippen LogP contribution in [0.3, 0.4) is 0 Å². The Hall–Kier alpha value is 0.586. The smallest absolute Gasteiger partial charge is 1.00 e. The van der Waals surface area contributed by atoms with Crippen molar-refractivity contribution in [1.82, 2.24) is 0 Å². The van der Waals surface area contributed by atoms with E-state index in [2.05, 4.69) is 0 Å². The van der Waals surface area contributed by atoms with Gasteiger partial charge in [0.1, 0.15) is 0 Å². The Bertz CT molecular complexity index is 278. The molecule has 12 heavy (non-hydrogen) atoms. The normalized spacial score (nSPS) is 12.2. The Morgan fingerprint density at radius 1 is 0.917 bits per heavy atom. The van der Waals surface area contributed by atoms with E-state index in [1.165, 1.54) is 0 Å². The molecular formula is C3H10MgO6S2. The molecular weight excluding hydrogens is 220 g/mol. The first-order valence-corrected chi connectivity index (χ1v) is 5.83. The van der Waals surface area contributed by atoms with E-state index in [0.29, 0.717) is 0 Å². The molecule has 0 saturated heterocycles. The summed E-state index contributed by atoms with van der Waals surface area (Å²) < 4.78 is 56.2. The zero-order valence-electron chi connectivity index (χ0n) is 8.17. The third-order valence-corrected chi connectivity index (χ3v) is 2.41. The van der Waals surface area contributed by atoms with Gasteiger partial charge in [-0.1, -0.05) is 0 Å². The van der Waals surface area contributed by atoms with Gasteiger partial charge in [-0.2, -0.15) is 16.8 Å². The Morgan fingerprint density at radius 2 is 1.17 bits per heavy atom. The van der Waals surface area contributed by atoms with E-state index >= 15 is 0 Å². The molecule has 6 nitrogen and oxygen atoms in total. The number of hydrogen-bond donors (Lipinski definition) is 2. The second-order valence-corrected chi connectivity index (χ2v) is 5.07. The molecule has 0 aromatic rings. The van der Waals surface area contributed by atoms with Gasteiger partial charge in [-0.3, -0.25) is 9.11 Å². The Kier molecular flexibility index (Phi) is 6.72. The largest absolute Gasteiger partial charge is 2.00 e. The van der Waals surface area contributed by atoms with E-state index in [4.69, 9.17) is 9.11 Å². The van der Waals surface area contributed by atoms with Crippen molar-refractivity contribution in [2.45, 2.75) is 6.42 Å². The predicted molar refractivity (Wildman–Crippen MR) is 45.4 cm³/mol. The van der Waals surface area contributed by atoms with Crippen LogP contribution in [-0.2, 0) is 20.2 Å². The van der Waals surface area contributed by atoms with Crippen LogP contribution in [0.4, 0.5) is 0 Å². The molecule has 0 amide bonds. The van der Waals surface area contributed by atoms with Gasteiger partial charge in [0, 0.05) is 0 Å². The van der Waals surface area contributed by atoms with Gasteiger partial charge in [0.2, 0.25) is 0 Å². The Balaban J connectivity index is -0.000000167. The van der Waals surface area contributed by atoms with E-state index < -0.39 is 31.7 Å². The zero-order chi connectivity index (χ0) is 9.12. The fraction of sp³-hybridized carbons (Fsp3) is 1.00. The fourth-order valence-electron chi connectivity index (χ4n) is 0.424. The van der Waals surface area contributed by atoms with Crippen LogP contribution in [0.15, 0.2) is 0 Å². The van der Waals surface area contributed by atoms with E-state index in [1.54, 1.807) is 0 Å². The molecule has 0 unspecified atom stereocenters. The third-order valence-electron chi connectivity index (χ3n) is 0.805. The van der Waals surface area contributed by atoms with Crippen molar-refractivity contribution in [2.75, 3.05) is 11.5 Å². The first kappa shape index (κ1) is 15.1. The van der Waals surface area contributed by atoms with Crippen molar-refractivity contribution in [3.05, 3.63) is 0 Å². The van der Waals surface area contributed by atoms with Gasteiger partial charge in [-0.05, 0) is 6.42 Å². The molecule has 9 heteroatoms. The van der Waals surface area contributed by atoms with Crippen LogP contribution in [0.1, 0.15) is 9.27 Å². The first-order valence-electron chi connectivity index (χ1n) is 2.61. The molecule has 2 N–H and O–H groups in total. The number of hydrogen-bond acceptors (Lipinski definition) is 4. The summed E-state index contributed by atoms with van der Waals surface area (Å²) >= 11 is 0. The van der Waals surface area contributed by atoms with Gasteiger partial charge in [0.05, 0.1) is 11.5 Å². The molecule has 0 aromatic carbocycles. The summed E-state index contributed by atoms with van der Waals surface area (Å²) in [6.45, 7) is 0. The fourth-order valence-corrected chi connectivity index (χ4v) is 1.62. The molecule has 0 atom stereocenters. The van der Waals surface area contributed by atoms with E-state index in [1.807, 2.05) is 0 Å². The van der Waals surface area contributed by atoms with Crippen molar-refractivity contribution in [2.24, 2.45) is 0 Å². The van der Waals surface area contributed by atoms with Gasteiger partial charge in [0.15, 0.2) is 0 Å². The molecule has 0 spiro atoms. The summed E-state index contributed by atoms with van der Waals surface area (Å²) in [5.74, 6) is -1.32. The maximum atomic E-state index is 10.00. The quantitative estimate of drug-likeness (QED) is 0.473.